The third kappa shape index (κ3) is 35.8. The van der Waals surface area contributed by atoms with Gasteiger partial charge in [-0.25, -0.2) is 0 Å². The molecule has 0 atom stereocenters. The second-order valence-corrected chi connectivity index (χ2v) is 20.9. The van der Waals surface area contributed by atoms with Gasteiger partial charge in [-0.05, 0) is 191 Å². The molecular formula is C69H74BrIO15. The van der Waals surface area contributed by atoms with Gasteiger partial charge in [0.05, 0.1) is 6.61 Å². The highest BCUT2D eigenvalue weighted by molar-refractivity contribution is 14.1. The van der Waals surface area contributed by atoms with E-state index in [-0.39, 0.29) is 92.5 Å². The van der Waals surface area contributed by atoms with Gasteiger partial charge in [0.25, 0.3) is 0 Å². The van der Waals surface area contributed by atoms with E-state index in [1.807, 2.05) is 164 Å². The van der Waals surface area contributed by atoms with Crippen molar-refractivity contribution in [3.05, 3.63) is 207 Å². The molecule has 15 nitrogen and oxygen atoms in total. The van der Waals surface area contributed by atoms with Crippen LogP contribution < -0.4 is 23.7 Å². The maximum Gasteiger partial charge on any atom is 0.167 e. The largest absolute Gasteiger partial charge is 0.486 e. The molecule has 0 heterocycles. The van der Waals surface area contributed by atoms with Crippen molar-refractivity contribution in [3.63, 3.8) is 0 Å². The number of halogens is 2. The third-order valence-electron chi connectivity index (χ3n) is 10.3. The van der Waals surface area contributed by atoms with Crippen LogP contribution in [0.5, 0.6) is 28.7 Å². The van der Waals surface area contributed by atoms with Crippen molar-refractivity contribution in [1.82, 2.24) is 0 Å². The minimum atomic E-state index is -0.0272. The Labute approximate surface area is 525 Å². The summed E-state index contributed by atoms with van der Waals surface area (Å²) in [5, 5.41) is 4.46. The van der Waals surface area contributed by atoms with Crippen molar-refractivity contribution >= 4 is 106 Å². The summed E-state index contributed by atoms with van der Waals surface area (Å²) in [7, 11) is 1.50. The molecule has 0 aromatic heterocycles. The number of ketones is 8. The Morgan fingerprint density at radius 1 is 0.372 bits per heavy atom. The SMILES string of the molecule is CC(=O)COCc1ccccc1.CC(=O)COc1ccc(Br)cc1.CC(=O)COc1ccc(C(C)=O)cc1.CC(=O)COc1ccc(I)cc1.CC(=O)COc1ccc2ccccc2c1.CC(=O)COc1cccc2ccccc12.COCC(C)=O. The van der Waals surface area contributed by atoms with Gasteiger partial charge in [-0.1, -0.05) is 113 Å². The average Bonchev–Trinajstić information content (AvgIpc) is 3.63. The van der Waals surface area contributed by atoms with Crippen LogP contribution in [-0.4, -0.2) is 99.6 Å². The Bertz CT molecular complexity index is 3280. The van der Waals surface area contributed by atoms with Gasteiger partial charge in [0.1, 0.15) is 75.0 Å². The lowest BCUT2D eigenvalue weighted by molar-refractivity contribution is -0.122. The fraction of sp³-hybridized carbons (Fsp3) is 0.246. The molecule has 0 fully saturated rings. The molecule has 0 saturated heterocycles. The quantitative estimate of drug-likeness (QED) is 0.0458. The van der Waals surface area contributed by atoms with Gasteiger partial charge in [0, 0.05) is 26.1 Å². The molecule has 0 spiro atoms. The topological polar surface area (TPSA) is 201 Å². The molecule has 0 saturated carbocycles. The number of fused-ring (bicyclic) bond motifs is 2. The first-order valence-corrected chi connectivity index (χ1v) is 28.7. The van der Waals surface area contributed by atoms with Crippen LogP contribution in [0.15, 0.2) is 193 Å². The Morgan fingerprint density at radius 2 is 0.767 bits per heavy atom. The van der Waals surface area contributed by atoms with E-state index in [2.05, 4.69) is 43.3 Å². The molecule has 8 aromatic carbocycles. The lowest BCUT2D eigenvalue weighted by Gasteiger charge is -2.07. The number of hydrogen-bond acceptors (Lipinski definition) is 15. The number of methoxy groups -OCH3 is 1. The van der Waals surface area contributed by atoms with Gasteiger partial charge in [0.15, 0.2) is 46.3 Å². The normalized spacial score (nSPS) is 9.71. The maximum absolute atomic E-state index is 10.9. The van der Waals surface area contributed by atoms with Crippen LogP contribution in [-0.2, 0) is 49.6 Å². The standard InChI is InChI=1S/2C13H12O2.C11H12O3.C10H12O2.C9H9BrO2.C9H9IO2.C4H8O2/c1-10(14)9-15-13-8-4-6-11-5-2-3-7-12(11)13;1-10(14)9-15-13-7-6-11-4-2-3-5-12(11)8-13;1-8(12)7-14-11-5-3-10(4-6-11)9(2)13;1-9(11)7-12-8-10-5-3-2-4-6-10;2*1-7(11)6-12-9-4-2-8(10)3-5-9;1-4(5)3-6-2/h2*2-8H,9H2,1H3;3-6H,7H2,1-2H3;2-6H,7-8H2,1H3;2*2-5H,6H2,1H3;3H2,1-2H3. The molecule has 0 amide bonds. The summed E-state index contributed by atoms with van der Waals surface area (Å²) in [4.78, 5) is 84.7. The van der Waals surface area contributed by atoms with Crippen LogP contribution in [0.2, 0.25) is 0 Å². The molecule has 86 heavy (non-hydrogen) atoms. The fourth-order valence-corrected chi connectivity index (χ4v) is 7.06. The van der Waals surface area contributed by atoms with Gasteiger partial charge in [-0.15, -0.1) is 0 Å². The van der Waals surface area contributed by atoms with Gasteiger partial charge >= 0.3 is 0 Å². The van der Waals surface area contributed by atoms with Crippen LogP contribution in [0.25, 0.3) is 21.5 Å². The van der Waals surface area contributed by atoms with E-state index in [4.69, 9.17) is 28.4 Å². The first-order chi connectivity index (χ1) is 41.0. The third-order valence-corrected chi connectivity index (χ3v) is 11.6. The molecule has 0 bridgehead atoms. The van der Waals surface area contributed by atoms with Crippen molar-refractivity contribution in [2.75, 3.05) is 53.4 Å². The summed E-state index contributed by atoms with van der Waals surface area (Å²) >= 11 is 5.52. The summed E-state index contributed by atoms with van der Waals surface area (Å²) in [5.74, 6) is 3.81. The summed E-state index contributed by atoms with van der Waals surface area (Å²) in [6.07, 6.45) is 0. The molecule has 0 radical (unpaired) electrons. The average molecular weight is 1350 g/mol. The molecule has 0 aliphatic rings. The summed E-state index contributed by atoms with van der Waals surface area (Å²) in [6.45, 7) is 13.6. The Morgan fingerprint density at radius 3 is 1.23 bits per heavy atom. The van der Waals surface area contributed by atoms with E-state index < -0.39 is 0 Å². The highest BCUT2D eigenvalue weighted by atomic mass is 127. The van der Waals surface area contributed by atoms with E-state index in [9.17, 15) is 38.4 Å². The molecule has 0 aliphatic carbocycles. The minimum absolute atomic E-state index is 0.0168. The van der Waals surface area contributed by atoms with E-state index in [1.54, 1.807) is 24.3 Å². The van der Waals surface area contributed by atoms with Crippen molar-refractivity contribution in [2.24, 2.45) is 0 Å². The number of hydrogen-bond donors (Lipinski definition) is 0. The molecule has 454 valence electrons. The molecule has 0 unspecified atom stereocenters. The predicted molar refractivity (Wildman–Crippen MR) is 348 cm³/mol. The van der Waals surface area contributed by atoms with Gasteiger partial charge < -0.3 is 33.2 Å². The first-order valence-electron chi connectivity index (χ1n) is 26.8. The zero-order chi connectivity index (χ0) is 63.7. The number of carbonyl (C=O) groups excluding carboxylic acids is 8. The van der Waals surface area contributed by atoms with E-state index >= 15 is 0 Å². The zero-order valence-corrected chi connectivity index (χ0v) is 53.7. The van der Waals surface area contributed by atoms with E-state index in [0.717, 1.165) is 47.0 Å². The van der Waals surface area contributed by atoms with Crippen molar-refractivity contribution < 1.29 is 71.5 Å². The van der Waals surface area contributed by atoms with Crippen molar-refractivity contribution in [1.29, 1.82) is 0 Å². The molecular weight excluding hydrogens is 1280 g/mol. The number of carbonyl (C=O) groups is 8. The first kappa shape index (κ1) is 73.9. The Balaban J connectivity index is 0.000000346. The number of benzene rings is 8. The second-order valence-electron chi connectivity index (χ2n) is 18.7. The maximum atomic E-state index is 10.9. The lowest BCUT2D eigenvalue weighted by atomic mass is 10.1. The van der Waals surface area contributed by atoms with Crippen LogP contribution in [0.3, 0.4) is 0 Å². The number of ether oxygens (including phenoxy) is 7. The smallest absolute Gasteiger partial charge is 0.167 e. The van der Waals surface area contributed by atoms with Crippen molar-refractivity contribution in [3.8, 4) is 28.7 Å². The molecule has 0 aliphatic heterocycles. The molecule has 17 heteroatoms. The van der Waals surface area contributed by atoms with Gasteiger partial charge in [-0.2, -0.15) is 0 Å². The van der Waals surface area contributed by atoms with E-state index in [0.29, 0.717) is 23.7 Å². The van der Waals surface area contributed by atoms with Gasteiger partial charge in [0.2, 0.25) is 0 Å². The van der Waals surface area contributed by atoms with Gasteiger partial charge in [-0.3, -0.25) is 38.4 Å². The van der Waals surface area contributed by atoms with Crippen molar-refractivity contribution in [2.45, 2.75) is 62.0 Å². The number of Topliss-reactive ketones (excluding diaryl/α,β-unsaturated/α-hetero) is 8. The van der Waals surface area contributed by atoms with Crippen LogP contribution in [0.4, 0.5) is 0 Å². The second kappa shape index (κ2) is 43.4. The predicted octanol–water partition coefficient (Wildman–Crippen LogP) is 14.2. The summed E-state index contributed by atoms with van der Waals surface area (Å²) in [5.41, 5.74) is 1.74. The van der Waals surface area contributed by atoms with Crippen LogP contribution >= 0.6 is 38.5 Å². The van der Waals surface area contributed by atoms with E-state index in [1.165, 1.54) is 67.9 Å². The Hall–Kier alpha value is -8.23. The Kier molecular flexibility index (Phi) is 37.3. The summed E-state index contributed by atoms with van der Waals surface area (Å²) in [6, 6.07) is 59.1. The molecule has 8 aromatic rings. The fourth-order valence-electron chi connectivity index (χ4n) is 6.44. The summed E-state index contributed by atoms with van der Waals surface area (Å²) < 4.78 is 38.0. The lowest BCUT2D eigenvalue weighted by Crippen LogP contribution is -2.06. The molecule has 0 N–H and O–H groups in total. The highest BCUT2D eigenvalue weighted by Crippen LogP contribution is 2.25. The monoisotopic (exact) mass is 1350 g/mol. The van der Waals surface area contributed by atoms with Crippen LogP contribution in [0, 0.1) is 3.57 Å². The molecule has 8 rings (SSSR count). The van der Waals surface area contributed by atoms with Crippen LogP contribution in [0.1, 0.15) is 71.3 Å². The highest BCUT2D eigenvalue weighted by Gasteiger charge is 2.04. The zero-order valence-electron chi connectivity index (χ0n) is 49.9. The minimum Gasteiger partial charge on any atom is -0.486 e. The number of rotatable bonds is 22.